The monoisotopic (exact) mass is 336 g/mol. The highest BCUT2D eigenvalue weighted by atomic mass is 32.2. The van der Waals surface area contributed by atoms with Gasteiger partial charge in [-0.15, -0.1) is 0 Å². The van der Waals surface area contributed by atoms with Crippen molar-refractivity contribution in [3.63, 3.8) is 0 Å². The van der Waals surface area contributed by atoms with Gasteiger partial charge in [0, 0.05) is 6.42 Å². The number of aryl methyl sites for hydroxylation is 1. The predicted molar refractivity (Wildman–Crippen MR) is 86.3 cm³/mol. The second-order valence-electron chi connectivity index (χ2n) is 5.16. The lowest BCUT2D eigenvalue weighted by molar-refractivity contribution is -0.121. The van der Waals surface area contributed by atoms with Crippen LogP contribution in [0.4, 0.5) is 0 Å². The zero-order chi connectivity index (χ0) is 16.9. The Hall–Kier alpha value is -2.12. The Bertz CT molecular complexity index is 737. The van der Waals surface area contributed by atoms with Gasteiger partial charge in [0.2, 0.25) is 15.9 Å². The number of rotatable bonds is 7. The molecule has 0 fully saturated rings. The van der Waals surface area contributed by atoms with Crippen LogP contribution in [0.3, 0.4) is 0 Å². The Balaban J connectivity index is 1.87. The molecule has 2 rings (SSSR count). The lowest BCUT2D eigenvalue weighted by Crippen LogP contribution is -2.26. The SMILES string of the molecule is CNS(=O)(=O)c1ccc(CCC(=O)NC(C)c2ccco2)cc1. The molecule has 23 heavy (non-hydrogen) atoms. The zero-order valence-corrected chi connectivity index (χ0v) is 13.9. The highest BCUT2D eigenvalue weighted by molar-refractivity contribution is 7.89. The van der Waals surface area contributed by atoms with E-state index in [1.54, 1.807) is 24.5 Å². The summed E-state index contributed by atoms with van der Waals surface area (Å²) in [6.45, 7) is 1.86. The second kappa shape index (κ2) is 7.43. The molecule has 0 aliphatic heterocycles. The van der Waals surface area contributed by atoms with Gasteiger partial charge in [-0.2, -0.15) is 0 Å². The molecule has 1 heterocycles. The van der Waals surface area contributed by atoms with E-state index >= 15 is 0 Å². The van der Waals surface area contributed by atoms with Crippen LogP contribution in [-0.2, 0) is 21.2 Å². The quantitative estimate of drug-likeness (QED) is 0.809. The molecule has 2 aromatic rings. The van der Waals surface area contributed by atoms with Gasteiger partial charge in [0.05, 0.1) is 17.2 Å². The minimum atomic E-state index is -3.43. The molecule has 0 aliphatic carbocycles. The van der Waals surface area contributed by atoms with E-state index in [1.165, 1.54) is 19.2 Å². The molecule has 1 amide bonds. The lowest BCUT2D eigenvalue weighted by Gasteiger charge is -2.11. The lowest BCUT2D eigenvalue weighted by atomic mass is 10.1. The van der Waals surface area contributed by atoms with Crippen molar-refractivity contribution in [2.75, 3.05) is 7.05 Å². The van der Waals surface area contributed by atoms with Gasteiger partial charge in [0.15, 0.2) is 0 Å². The van der Waals surface area contributed by atoms with Gasteiger partial charge in [-0.1, -0.05) is 12.1 Å². The van der Waals surface area contributed by atoms with Gasteiger partial charge in [-0.05, 0) is 50.2 Å². The third-order valence-corrected chi connectivity index (χ3v) is 4.92. The van der Waals surface area contributed by atoms with Crippen molar-refractivity contribution >= 4 is 15.9 Å². The molecule has 0 spiro atoms. The molecule has 1 atom stereocenters. The number of carbonyl (C=O) groups is 1. The number of hydrogen-bond donors (Lipinski definition) is 2. The average molecular weight is 336 g/mol. The summed E-state index contributed by atoms with van der Waals surface area (Å²) in [6, 6.07) is 9.90. The first kappa shape index (κ1) is 17.2. The van der Waals surface area contributed by atoms with Crippen molar-refractivity contribution in [1.29, 1.82) is 0 Å². The molecule has 6 nitrogen and oxygen atoms in total. The van der Waals surface area contributed by atoms with E-state index in [2.05, 4.69) is 10.0 Å². The standard InChI is InChI=1S/C16H20N2O4S/c1-12(15-4-3-11-22-15)18-16(19)10-7-13-5-8-14(9-6-13)23(20,21)17-2/h3-6,8-9,11-12,17H,7,10H2,1-2H3,(H,18,19). The molecule has 0 bridgehead atoms. The maximum absolute atomic E-state index is 11.9. The van der Waals surface area contributed by atoms with Crippen LogP contribution in [0.5, 0.6) is 0 Å². The number of amides is 1. The van der Waals surface area contributed by atoms with Crippen LogP contribution in [0, 0.1) is 0 Å². The summed E-state index contributed by atoms with van der Waals surface area (Å²) in [6.07, 6.45) is 2.43. The number of hydrogen-bond acceptors (Lipinski definition) is 4. The fourth-order valence-corrected chi connectivity index (χ4v) is 2.86. The number of nitrogens with one attached hydrogen (secondary N) is 2. The second-order valence-corrected chi connectivity index (χ2v) is 7.04. The number of furan rings is 1. The first-order valence-electron chi connectivity index (χ1n) is 7.27. The summed E-state index contributed by atoms with van der Waals surface area (Å²) in [7, 11) is -2.06. The van der Waals surface area contributed by atoms with Crippen LogP contribution >= 0.6 is 0 Å². The summed E-state index contributed by atoms with van der Waals surface area (Å²) >= 11 is 0. The summed E-state index contributed by atoms with van der Waals surface area (Å²) in [5.74, 6) is 0.626. The van der Waals surface area contributed by atoms with Gasteiger partial charge in [-0.3, -0.25) is 4.79 Å². The van der Waals surface area contributed by atoms with Crippen LogP contribution < -0.4 is 10.0 Å². The third-order valence-electron chi connectivity index (χ3n) is 3.49. The topological polar surface area (TPSA) is 88.4 Å². The summed E-state index contributed by atoms with van der Waals surface area (Å²) < 4.78 is 30.8. The van der Waals surface area contributed by atoms with Gasteiger partial charge in [0.1, 0.15) is 5.76 Å². The summed E-state index contributed by atoms with van der Waals surface area (Å²) in [4.78, 5) is 12.1. The van der Waals surface area contributed by atoms with Crippen molar-refractivity contribution in [2.45, 2.75) is 30.7 Å². The zero-order valence-electron chi connectivity index (χ0n) is 13.1. The van der Waals surface area contributed by atoms with E-state index in [4.69, 9.17) is 4.42 Å². The maximum Gasteiger partial charge on any atom is 0.240 e. The number of sulfonamides is 1. The Morgan fingerprint density at radius 3 is 2.48 bits per heavy atom. The molecule has 0 saturated heterocycles. The fourth-order valence-electron chi connectivity index (χ4n) is 2.13. The van der Waals surface area contributed by atoms with E-state index in [-0.39, 0.29) is 16.8 Å². The highest BCUT2D eigenvalue weighted by Crippen LogP contribution is 2.14. The highest BCUT2D eigenvalue weighted by Gasteiger charge is 2.13. The van der Waals surface area contributed by atoms with Crippen molar-refractivity contribution in [3.8, 4) is 0 Å². The van der Waals surface area contributed by atoms with Gasteiger partial charge in [-0.25, -0.2) is 13.1 Å². The number of benzene rings is 1. The van der Waals surface area contributed by atoms with Crippen LogP contribution in [0.2, 0.25) is 0 Å². The first-order valence-corrected chi connectivity index (χ1v) is 8.76. The smallest absolute Gasteiger partial charge is 0.240 e. The van der Waals surface area contributed by atoms with E-state index in [0.717, 1.165) is 5.56 Å². The summed E-state index contributed by atoms with van der Waals surface area (Å²) in [5.41, 5.74) is 0.904. The van der Waals surface area contributed by atoms with Crippen molar-refractivity contribution < 1.29 is 17.6 Å². The fraction of sp³-hybridized carbons (Fsp3) is 0.312. The molecular weight excluding hydrogens is 316 g/mol. The van der Waals surface area contributed by atoms with Gasteiger partial charge in [0.25, 0.3) is 0 Å². The molecule has 0 saturated carbocycles. The van der Waals surface area contributed by atoms with Crippen molar-refractivity contribution in [1.82, 2.24) is 10.0 Å². The minimum Gasteiger partial charge on any atom is -0.467 e. The van der Waals surface area contributed by atoms with Gasteiger partial charge < -0.3 is 9.73 Å². The molecule has 124 valence electrons. The molecule has 7 heteroatoms. The molecule has 0 aliphatic rings. The number of carbonyl (C=O) groups excluding carboxylic acids is 1. The molecule has 1 unspecified atom stereocenters. The predicted octanol–water partition coefficient (Wildman–Crippen LogP) is 2.00. The Labute approximate surface area is 135 Å². The van der Waals surface area contributed by atoms with E-state index < -0.39 is 10.0 Å². The Morgan fingerprint density at radius 1 is 1.22 bits per heavy atom. The van der Waals surface area contributed by atoms with E-state index in [0.29, 0.717) is 18.6 Å². The summed E-state index contributed by atoms with van der Waals surface area (Å²) in [5, 5.41) is 2.86. The van der Waals surface area contributed by atoms with Crippen LogP contribution in [0.25, 0.3) is 0 Å². The Morgan fingerprint density at radius 2 is 1.91 bits per heavy atom. The van der Waals surface area contributed by atoms with Crippen molar-refractivity contribution in [3.05, 3.63) is 54.0 Å². The normalized spacial score (nSPS) is 12.8. The van der Waals surface area contributed by atoms with Crippen molar-refractivity contribution in [2.24, 2.45) is 0 Å². The van der Waals surface area contributed by atoms with E-state index in [9.17, 15) is 13.2 Å². The van der Waals surface area contributed by atoms with Crippen LogP contribution in [0.15, 0.2) is 52.0 Å². The minimum absolute atomic E-state index is 0.0826. The van der Waals surface area contributed by atoms with Crippen LogP contribution in [0.1, 0.15) is 30.7 Å². The van der Waals surface area contributed by atoms with Gasteiger partial charge >= 0.3 is 0 Å². The molecular formula is C16H20N2O4S. The Kier molecular flexibility index (Phi) is 5.57. The largest absolute Gasteiger partial charge is 0.467 e. The molecule has 0 radical (unpaired) electrons. The average Bonchev–Trinajstić information content (AvgIpc) is 3.08. The molecule has 1 aromatic heterocycles. The first-order chi connectivity index (χ1) is 10.9. The third kappa shape index (κ3) is 4.67. The maximum atomic E-state index is 11.9. The molecule has 2 N–H and O–H groups in total. The van der Waals surface area contributed by atoms with E-state index in [1.807, 2.05) is 13.0 Å². The van der Waals surface area contributed by atoms with Crippen LogP contribution in [-0.4, -0.2) is 21.4 Å². The molecule has 1 aromatic carbocycles.